The molecule has 1 aliphatic heterocycles. The Balaban J connectivity index is 2.46. The van der Waals surface area contributed by atoms with Crippen LogP contribution in [0.2, 0.25) is 0 Å². The quantitative estimate of drug-likeness (QED) is 0.590. The topological polar surface area (TPSA) is 83.9 Å². The van der Waals surface area contributed by atoms with E-state index in [1.54, 1.807) is 6.92 Å². The highest BCUT2D eigenvalue weighted by Crippen LogP contribution is 2.13. The fraction of sp³-hybridized carbons (Fsp3) is 0.857. The van der Waals surface area contributed by atoms with Crippen LogP contribution in [0.5, 0.6) is 0 Å². The van der Waals surface area contributed by atoms with E-state index >= 15 is 0 Å². The normalized spacial score (nSPS) is 19.0. The van der Waals surface area contributed by atoms with Crippen LogP contribution in [0.4, 0.5) is 0 Å². The molecule has 0 radical (unpaired) electrons. The minimum Gasteiger partial charge on any atom is -0.465 e. The number of aliphatic hydroxyl groups excluding tert-OH is 1. The number of carbonyl (C=O) groups is 1. The summed E-state index contributed by atoms with van der Waals surface area (Å²) in [4.78, 5) is 10.9. The van der Waals surface area contributed by atoms with Gasteiger partial charge in [-0.25, -0.2) is 8.42 Å². The van der Waals surface area contributed by atoms with Crippen LogP contribution in [0.25, 0.3) is 0 Å². The van der Waals surface area contributed by atoms with Crippen LogP contribution < -0.4 is 0 Å². The van der Waals surface area contributed by atoms with E-state index in [2.05, 4.69) is 4.74 Å². The Morgan fingerprint density at radius 2 is 2.14 bits per heavy atom. The first-order valence-electron chi connectivity index (χ1n) is 4.27. The summed E-state index contributed by atoms with van der Waals surface area (Å²) in [6, 6.07) is 0. The van der Waals surface area contributed by atoms with E-state index in [1.165, 1.54) is 0 Å². The van der Waals surface area contributed by atoms with Gasteiger partial charge in [0.15, 0.2) is 5.75 Å². The van der Waals surface area contributed by atoms with Crippen LogP contribution in [0.15, 0.2) is 0 Å². The Kier molecular flexibility index (Phi) is 3.46. The Labute approximate surface area is 82.5 Å². The van der Waals surface area contributed by atoms with E-state index in [1.807, 2.05) is 0 Å². The number of aliphatic hydroxyl groups is 1. The van der Waals surface area contributed by atoms with Crippen molar-refractivity contribution in [1.29, 1.82) is 0 Å². The third-order valence-corrected chi connectivity index (χ3v) is 3.51. The lowest BCUT2D eigenvalue weighted by Crippen LogP contribution is -2.54. The lowest BCUT2D eigenvalue weighted by molar-refractivity contribution is -0.140. The number of carbonyl (C=O) groups excluding carboxylic acids is 1. The molecule has 6 nitrogen and oxygen atoms in total. The number of ether oxygens (including phenoxy) is 1. The zero-order chi connectivity index (χ0) is 10.8. The van der Waals surface area contributed by atoms with Gasteiger partial charge in [0.1, 0.15) is 0 Å². The molecular formula is C7H13NO5S. The molecule has 14 heavy (non-hydrogen) atoms. The van der Waals surface area contributed by atoms with Crippen molar-refractivity contribution in [3.05, 3.63) is 0 Å². The van der Waals surface area contributed by atoms with Gasteiger partial charge in [-0.05, 0) is 6.92 Å². The lowest BCUT2D eigenvalue weighted by atomic mass is 10.2. The first kappa shape index (κ1) is 11.4. The number of hydrogen-bond donors (Lipinski definition) is 1. The van der Waals surface area contributed by atoms with Gasteiger partial charge in [-0.2, -0.15) is 4.31 Å². The third kappa shape index (κ3) is 2.66. The SMILES string of the molecule is CCOC(=O)CS(=O)(=O)N1CC(O)C1. The maximum absolute atomic E-state index is 11.4. The van der Waals surface area contributed by atoms with Crippen molar-refractivity contribution in [2.45, 2.75) is 13.0 Å². The average molecular weight is 223 g/mol. The van der Waals surface area contributed by atoms with Crippen LogP contribution >= 0.6 is 0 Å². The second-order valence-corrected chi connectivity index (χ2v) is 5.00. The molecule has 7 heteroatoms. The Morgan fingerprint density at radius 3 is 2.57 bits per heavy atom. The number of esters is 1. The zero-order valence-corrected chi connectivity index (χ0v) is 8.66. The second kappa shape index (κ2) is 4.24. The average Bonchev–Trinajstić information content (AvgIpc) is 1.98. The monoisotopic (exact) mass is 223 g/mol. The molecule has 82 valence electrons. The van der Waals surface area contributed by atoms with Crippen molar-refractivity contribution in [3.8, 4) is 0 Å². The Hall–Kier alpha value is -0.660. The van der Waals surface area contributed by atoms with Crippen molar-refractivity contribution in [2.75, 3.05) is 25.4 Å². The van der Waals surface area contributed by atoms with Gasteiger partial charge in [-0.15, -0.1) is 0 Å². The molecule has 0 aromatic carbocycles. The van der Waals surface area contributed by atoms with Gasteiger partial charge < -0.3 is 9.84 Å². The molecule has 0 aliphatic carbocycles. The third-order valence-electron chi connectivity index (χ3n) is 1.83. The maximum Gasteiger partial charge on any atom is 0.322 e. The summed E-state index contributed by atoms with van der Waals surface area (Å²) < 4.78 is 28.3. The highest BCUT2D eigenvalue weighted by molar-refractivity contribution is 7.89. The van der Waals surface area contributed by atoms with Gasteiger partial charge in [0.25, 0.3) is 0 Å². The molecule has 1 saturated heterocycles. The Morgan fingerprint density at radius 1 is 1.57 bits per heavy atom. The van der Waals surface area contributed by atoms with Crippen LogP contribution in [-0.4, -0.2) is 55.4 Å². The first-order chi connectivity index (χ1) is 6.45. The van der Waals surface area contributed by atoms with Crippen molar-refractivity contribution >= 4 is 16.0 Å². The maximum atomic E-state index is 11.4. The largest absolute Gasteiger partial charge is 0.465 e. The van der Waals surface area contributed by atoms with Crippen LogP contribution in [0.3, 0.4) is 0 Å². The number of β-amino-alcohol motifs (C(OH)–C–C–N with tert-alkyl or cyclic N) is 1. The van der Waals surface area contributed by atoms with E-state index in [0.29, 0.717) is 0 Å². The van der Waals surface area contributed by atoms with E-state index in [0.717, 1.165) is 4.31 Å². The fourth-order valence-electron chi connectivity index (χ4n) is 1.09. The summed E-state index contributed by atoms with van der Waals surface area (Å²) in [6.45, 7) is 1.92. The molecule has 1 N–H and O–H groups in total. The van der Waals surface area contributed by atoms with Crippen molar-refractivity contribution in [2.24, 2.45) is 0 Å². The summed E-state index contributed by atoms with van der Waals surface area (Å²) in [6.07, 6.45) is -0.605. The first-order valence-corrected chi connectivity index (χ1v) is 5.88. The van der Waals surface area contributed by atoms with E-state index in [9.17, 15) is 13.2 Å². The predicted molar refractivity (Wildman–Crippen MR) is 48.0 cm³/mol. The number of rotatable bonds is 4. The second-order valence-electron chi connectivity index (χ2n) is 3.03. The molecule has 0 unspecified atom stereocenters. The number of sulfonamides is 1. The molecule has 1 aliphatic rings. The van der Waals surface area contributed by atoms with Gasteiger partial charge in [-0.1, -0.05) is 0 Å². The van der Waals surface area contributed by atoms with E-state index in [4.69, 9.17) is 5.11 Å². The van der Waals surface area contributed by atoms with Gasteiger partial charge in [-0.3, -0.25) is 4.79 Å². The highest BCUT2D eigenvalue weighted by atomic mass is 32.2. The molecule has 0 aromatic heterocycles. The summed E-state index contributed by atoms with van der Waals surface area (Å²) in [5.41, 5.74) is 0. The predicted octanol–water partition coefficient (Wildman–Crippen LogP) is -1.44. The van der Waals surface area contributed by atoms with E-state index < -0.39 is 27.8 Å². The molecular weight excluding hydrogens is 210 g/mol. The van der Waals surface area contributed by atoms with Crippen LogP contribution in [-0.2, 0) is 19.6 Å². The molecule has 1 heterocycles. The summed E-state index contributed by atoms with van der Waals surface area (Å²) in [5.74, 6) is -1.40. The fourth-order valence-corrected chi connectivity index (χ4v) is 2.45. The molecule has 1 rings (SSSR count). The molecule has 0 spiro atoms. The van der Waals surface area contributed by atoms with Gasteiger partial charge in [0.2, 0.25) is 10.0 Å². The Bertz CT molecular complexity index is 306. The molecule has 0 atom stereocenters. The van der Waals surface area contributed by atoms with Gasteiger partial charge in [0, 0.05) is 13.1 Å². The molecule has 0 aromatic rings. The lowest BCUT2D eigenvalue weighted by Gasteiger charge is -2.34. The van der Waals surface area contributed by atoms with E-state index in [-0.39, 0.29) is 19.7 Å². The summed E-state index contributed by atoms with van der Waals surface area (Å²) >= 11 is 0. The molecule has 0 amide bonds. The van der Waals surface area contributed by atoms with Crippen molar-refractivity contribution in [3.63, 3.8) is 0 Å². The minimum atomic E-state index is -3.58. The van der Waals surface area contributed by atoms with Crippen molar-refractivity contribution in [1.82, 2.24) is 4.31 Å². The van der Waals surface area contributed by atoms with Gasteiger partial charge >= 0.3 is 5.97 Å². The molecule has 0 saturated carbocycles. The highest BCUT2D eigenvalue weighted by Gasteiger charge is 2.35. The smallest absolute Gasteiger partial charge is 0.322 e. The summed E-state index contributed by atoms with van der Waals surface area (Å²) in [5, 5.41) is 8.90. The molecule has 0 bridgehead atoms. The minimum absolute atomic E-state index is 0.0712. The van der Waals surface area contributed by atoms with Crippen LogP contribution in [0, 0.1) is 0 Å². The zero-order valence-electron chi connectivity index (χ0n) is 7.84. The summed E-state index contributed by atoms with van der Waals surface area (Å²) in [7, 11) is -3.58. The number of hydrogen-bond acceptors (Lipinski definition) is 5. The van der Waals surface area contributed by atoms with Gasteiger partial charge in [0.05, 0.1) is 12.7 Å². The standard InChI is InChI=1S/C7H13NO5S/c1-2-13-7(10)5-14(11,12)8-3-6(9)4-8/h6,9H,2-5H2,1H3. The molecule has 1 fully saturated rings. The number of nitrogens with zero attached hydrogens (tertiary/aromatic N) is 1. The van der Waals surface area contributed by atoms with Crippen LogP contribution in [0.1, 0.15) is 6.92 Å². The van der Waals surface area contributed by atoms with Crippen molar-refractivity contribution < 1.29 is 23.1 Å².